The number of aromatic hydroxyl groups is 1. The minimum Gasteiger partial charge on any atom is -0.508 e. The lowest BCUT2D eigenvalue weighted by molar-refractivity contribution is 0.0785. The molecule has 0 aliphatic rings. The summed E-state index contributed by atoms with van der Waals surface area (Å²) >= 11 is 0. The molecule has 4 nitrogen and oxygen atoms in total. The molecule has 0 aliphatic heterocycles. The van der Waals surface area contributed by atoms with Gasteiger partial charge in [-0.05, 0) is 42.3 Å². The molecule has 1 aromatic heterocycles. The van der Waals surface area contributed by atoms with E-state index in [0.717, 1.165) is 5.56 Å². The van der Waals surface area contributed by atoms with Crippen LogP contribution in [0, 0.1) is 6.92 Å². The van der Waals surface area contributed by atoms with Crippen molar-refractivity contribution >= 4 is 5.91 Å². The highest BCUT2D eigenvalue weighted by molar-refractivity contribution is 5.94. The zero-order valence-corrected chi connectivity index (χ0v) is 11.0. The van der Waals surface area contributed by atoms with Gasteiger partial charge < -0.3 is 10.0 Å². The first-order valence-electron chi connectivity index (χ1n) is 6.02. The third-order valence-electron chi connectivity index (χ3n) is 2.93. The van der Waals surface area contributed by atoms with Gasteiger partial charge in [0.2, 0.25) is 0 Å². The van der Waals surface area contributed by atoms with Crippen LogP contribution in [0.5, 0.6) is 5.75 Å². The molecular weight excluding hydrogens is 240 g/mol. The topological polar surface area (TPSA) is 53.4 Å². The first-order chi connectivity index (χ1) is 9.08. The molecule has 0 spiro atoms. The van der Waals surface area contributed by atoms with Crippen LogP contribution < -0.4 is 0 Å². The van der Waals surface area contributed by atoms with Crippen LogP contribution in [0.15, 0.2) is 42.7 Å². The predicted octanol–water partition coefficient (Wildman–Crippen LogP) is 2.37. The highest BCUT2D eigenvalue weighted by atomic mass is 16.3. The molecule has 19 heavy (non-hydrogen) atoms. The van der Waals surface area contributed by atoms with Gasteiger partial charge in [-0.3, -0.25) is 9.78 Å². The molecule has 0 saturated heterocycles. The van der Waals surface area contributed by atoms with Crippen molar-refractivity contribution in [1.82, 2.24) is 9.88 Å². The van der Waals surface area contributed by atoms with E-state index in [1.54, 1.807) is 49.5 Å². The molecule has 0 atom stereocenters. The molecule has 1 aromatic carbocycles. The molecule has 1 heterocycles. The van der Waals surface area contributed by atoms with Crippen molar-refractivity contribution in [2.45, 2.75) is 13.5 Å². The van der Waals surface area contributed by atoms with Gasteiger partial charge in [-0.15, -0.1) is 0 Å². The van der Waals surface area contributed by atoms with Crippen LogP contribution >= 0.6 is 0 Å². The van der Waals surface area contributed by atoms with E-state index < -0.39 is 0 Å². The van der Waals surface area contributed by atoms with E-state index >= 15 is 0 Å². The van der Waals surface area contributed by atoms with E-state index in [0.29, 0.717) is 17.7 Å². The molecule has 2 rings (SSSR count). The largest absolute Gasteiger partial charge is 0.508 e. The van der Waals surface area contributed by atoms with Crippen molar-refractivity contribution < 1.29 is 9.90 Å². The van der Waals surface area contributed by atoms with Crippen molar-refractivity contribution in [1.29, 1.82) is 0 Å². The summed E-state index contributed by atoms with van der Waals surface area (Å²) in [5.74, 6) is 0.124. The van der Waals surface area contributed by atoms with Gasteiger partial charge in [0.05, 0.1) is 0 Å². The Morgan fingerprint density at radius 1 is 1.37 bits per heavy atom. The number of phenolic OH excluding ortho intramolecular Hbond substituents is 1. The average Bonchev–Trinajstić information content (AvgIpc) is 2.42. The number of benzene rings is 1. The number of aryl methyl sites for hydroxylation is 1. The zero-order valence-electron chi connectivity index (χ0n) is 11.0. The van der Waals surface area contributed by atoms with E-state index in [4.69, 9.17) is 0 Å². The number of nitrogens with zero attached hydrogens (tertiary/aromatic N) is 2. The first kappa shape index (κ1) is 13.1. The molecule has 0 aliphatic carbocycles. The van der Waals surface area contributed by atoms with Crippen LogP contribution in [-0.2, 0) is 6.54 Å². The Morgan fingerprint density at radius 3 is 2.79 bits per heavy atom. The maximum absolute atomic E-state index is 12.2. The molecule has 0 fully saturated rings. The number of aromatic nitrogens is 1. The highest BCUT2D eigenvalue weighted by Crippen LogP contribution is 2.18. The second kappa shape index (κ2) is 5.52. The summed E-state index contributed by atoms with van der Waals surface area (Å²) in [6.45, 7) is 2.28. The Kier molecular flexibility index (Phi) is 3.80. The van der Waals surface area contributed by atoms with Crippen LogP contribution in [0.25, 0.3) is 0 Å². The van der Waals surface area contributed by atoms with Crippen LogP contribution in [0.3, 0.4) is 0 Å². The molecule has 2 aromatic rings. The lowest BCUT2D eigenvalue weighted by Crippen LogP contribution is -2.26. The van der Waals surface area contributed by atoms with Crippen molar-refractivity contribution in [3.63, 3.8) is 0 Å². The number of pyridine rings is 1. The highest BCUT2D eigenvalue weighted by Gasteiger charge is 2.13. The Balaban J connectivity index is 2.12. The summed E-state index contributed by atoms with van der Waals surface area (Å²) in [5.41, 5.74) is 2.25. The van der Waals surface area contributed by atoms with Crippen molar-refractivity contribution in [2.75, 3.05) is 7.05 Å². The number of phenols is 1. The van der Waals surface area contributed by atoms with E-state index in [9.17, 15) is 9.90 Å². The summed E-state index contributed by atoms with van der Waals surface area (Å²) in [4.78, 5) is 17.9. The Labute approximate surface area is 112 Å². The van der Waals surface area contributed by atoms with Crippen LogP contribution in [0.1, 0.15) is 21.5 Å². The quantitative estimate of drug-likeness (QED) is 0.917. The summed E-state index contributed by atoms with van der Waals surface area (Å²) < 4.78 is 0. The van der Waals surface area contributed by atoms with Crippen LogP contribution in [0.2, 0.25) is 0 Å². The molecule has 4 heteroatoms. The van der Waals surface area contributed by atoms with E-state index in [-0.39, 0.29) is 11.7 Å². The lowest BCUT2D eigenvalue weighted by atomic mass is 10.1. The monoisotopic (exact) mass is 256 g/mol. The fourth-order valence-electron chi connectivity index (χ4n) is 1.85. The Morgan fingerprint density at radius 2 is 2.16 bits per heavy atom. The van der Waals surface area contributed by atoms with Gasteiger partial charge in [0, 0.05) is 31.5 Å². The predicted molar refractivity (Wildman–Crippen MR) is 72.9 cm³/mol. The molecular formula is C15H16N2O2. The number of rotatable bonds is 3. The molecule has 0 unspecified atom stereocenters. The lowest BCUT2D eigenvalue weighted by Gasteiger charge is -2.17. The minimum absolute atomic E-state index is 0.0769. The summed E-state index contributed by atoms with van der Waals surface area (Å²) in [6, 6.07) is 8.64. The third kappa shape index (κ3) is 3.10. The normalized spacial score (nSPS) is 10.2. The Hall–Kier alpha value is -2.36. The molecule has 1 N–H and O–H groups in total. The van der Waals surface area contributed by atoms with E-state index in [1.165, 1.54) is 0 Å². The van der Waals surface area contributed by atoms with Gasteiger partial charge in [-0.25, -0.2) is 0 Å². The molecule has 0 saturated carbocycles. The smallest absolute Gasteiger partial charge is 0.253 e. The van der Waals surface area contributed by atoms with Gasteiger partial charge in [0.1, 0.15) is 5.75 Å². The second-order valence-corrected chi connectivity index (χ2v) is 4.52. The van der Waals surface area contributed by atoms with Crippen LogP contribution in [-0.4, -0.2) is 27.9 Å². The fraction of sp³-hybridized carbons (Fsp3) is 0.200. The number of carbonyl (C=O) groups is 1. The maximum atomic E-state index is 12.2. The SMILES string of the molecule is Cc1cc(C(=O)N(C)Cc2cccnc2)ccc1O. The van der Waals surface area contributed by atoms with Gasteiger partial charge in [0.15, 0.2) is 0 Å². The van der Waals surface area contributed by atoms with E-state index in [2.05, 4.69) is 4.98 Å². The first-order valence-corrected chi connectivity index (χ1v) is 6.02. The number of amides is 1. The van der Waals surface area contributed by atoms with Gasteiger partial charge in [0.25, 0.3) is 5.91 Å². The molecule has 0 bridgehead atoms. The second-order valence-electron chi connectivity index (χ2n) is 4.52. The third-order valence-corrected chi connectivity index (χ3v) is 2.93. The van der Waals surface area contributed by atoms with Crippen molar-refractivity contribution in [2.24, 2.45) is 0 Å². The minimum atomic E-state index is -0.0769. The van der Waals surface area contributed by atoms with Gasteiger partial charge in [-0.1, -0.05) is 6.07 Å². The number of hydrogen-bond donors (Lipinski definition) is 1. The number of hydrogen-bond acceptors (Lipinski definition) is 3. The summed E-state index contributed by atoms with van der Waals surface area (Å²) in [7, 11) is 1.75. The maximum Gasteiger partial charge on any atom is 0.253 e. The molecule has 1 amide bonds. The summed E-state index contributed by atoms with van der Waals surface area (Å²) in [6.07, 6.45) is 3.44. The molecule has 0 radical (unpaired) electrons. The summed E-state index contributed by atoms with van der Waals surface area (Å²) in [5, 5.41) is 9.47. The number of carbonyl (C=O) groups excluding carboxylic acids is 1. The Bertz CT molecular complexity index is 582. The zero-order chi connectivity index (χ0) is 13.8. The average molecular weight is 256 g/mol. The van der Waals surface area contributed by atoms with E-state index in [1.807, 2.05) is 12.1 Å². The van der Waals surface area contributed by atoms with Crippen LogP contribution in [0.4, 0.5) is 0 Å². The van der Waals surface area contributed by atoms with Crippen molar-refractivity contribution in [3.8, 4) is 5.75 Å². The standard InChI is InChI=1S/C15H16N2O2/c1-11-8-13(5-6-14(11)18)15(19)17(2)10-12-4-3-7-16-9-12/h3-9,18H,10H2,1-2H3. The molecule has 98 valence electrons. The van der Waals surface area contributed by atoms with Crippen molar-refractivity contribution in [3.05, 3.63) is 59.4 Å². The fourth-order valence-corrected chi connectivity index (χ4v) is 1.85. The van der Waals surface area contributed by atoms with Gasteiger partial charge in [-0.2, -0.15) is 0 Å². The van der Waals surface area contributed by atoms with Gasteiger partial charge >= 0.3 is 0 Å².